The minimum atomic E-state index is -2.86. The summed E-state index contributed by atoms with van der Waals surface area (Å²) in [6.07, 6.45) is 0.629. The minimum absolute atomic E-state index is 0.00843. The molecule has 82 valence electrons. The van der Waals surface area contributed by atoms with Crippen molar-refractivity contribution in [3.05, 3.63) is 0 Å². The fraction of sp³-hybridized carbons (Fsp3) is 0.875. The van der Waals surface area contributed by atoms with Gasteiger partial charge in [0, 0.05) is 6.42 Å². The van der Waals surface area contributed by atoms with Crippen molar-refractivity contribution in [2.75, 3.05) is 18.6 Å². The zero-order valence-corrected chi connectivity index (χ0v) is 9.21. The topological polar surface area (TPSA) is 77.0 Å². The molecule has 5 nitrogen and oxygen atoms in total. The van der Waals surface area contributed by atoms with Gasteiger partial charge in [-0.15, -0.1) is 0 Å². The van der Waals surface area contributed by atoms with Gasteiger partial charge in [0.1, 0.15) is 11.8 Å². The Bertz CT molecular complexity index is 311. The molecule has 1 aliphatic heterocycles. The van der Waals surface area contributed by atoms with Crippen molar-refractivity contribution in [2.45, 2.75) is 25.4 Å². The van der Waals surface area contributed by atoms with E-state index in [0.29, 0.717) is 6.42 Å². The second kappa shape index (κ2) is 4.27. The highest BCUT2D eigenvalue weighted by Crippen LogP contribution is 2.07. The summed E-state index contributed by atoms with van der Waals surface area (Å²) in [5.41, 5.74) is 0. The molecule has 1 heterocycles. The van der Waals surface area contributed by atoms with Gasteiger partial charge in [-0.3, -0.25) is 0 Å². The van der Waals surface area contributed by atoms with Crippen LogP contribution >= 0.6 is 0 Å². The number of quaternary nitrogens is 1. The second-order valence-corrected chi connectivity index (χ2v) is 5.90. The van der Waals surface area contributed by atoms with Gasteiger partial charge in [-0.05, 0) is 6.92 Å². The van der Waals surface area contributed by atoms with Crippen molar-refractivity contribution in [3.8, 4) is 0 Å². The molecule has 1 saturated heterocycles. The van der Waals surface area contributed by atoms with Gasteiger partial charge >= 0.3 is 5.97 Å². The summed E-state index contributed by atoms with van der Waals surface area (Å²) in [7, 11) is -1.53. The van der Waals surface area contributed by atoms with Gasteiger partial charge in [0.05, 0.1) is 12.9 Å². The monoisotopic (exact) mass is 222 g/mol. The molecule has 2 N–H and O–H groups in total. The summed E-state index contributed by atoms with van der Waals surface area (Å²) in [6.45, 7) is 1.72. The maximum absolute atomic E-state index is 11.1. The Balaban J connectivity index is 2.43. The SMILES string of the molecule is COC(=O)[C@H](C)[NH2+][C@@H]1CCS(=O)(=O)C1. The number of methoxy groups -OCH3 is 1. The first-order valence-corrected chi connectivity index (χ1v) is 6.40. The minimum Gasteiger partial charge on any atom is -0.465 e. The summed E-state index contributed by atoms with van der Waals surface area (Å²) in [5, 5.41) is 1.77. The third kappa shape index (κ3) is 2.95. The van der Waals surface area contributed by atoms with E-state index in [1.54, 1.807) is 12.2 Å². The van der Waals surface area contributed by atoms with Crippen molar-refractivity contribution in [3.63, 3.8) is 0 Å². The Morgan fingerprint density at radius 1 is 1.57 bits per heavy atom. The third-order valence-electron chi connectivity index (χ3n) is 2.40. The van der Waals surface area contributed by atoms with Gasteiger partial charge in [-0.25, -0.2) is 13.2 Å². The van der Waals surface area contributed by atoms with E-state index in [9.17, 15) is 13.2 Å². The molecule has 0 aromatic carbocycles. The molecular weight excluding hydrogens is 206 g/mol. The van der Waals surface area contributed by atoms with E-state index in [-0.39, 0.29) is 29.6 Å². The average molecular weight is 222 g/mol. The maximum Gasteiger partial charge on any atom is 0.364 e. The van der Waals surface area contributed by atoms with Crippen LogP contribution < -0.4 is 5.32 Å². The fourth-order valence-corrected chi connectivity index (χ4v) is 3.41. The van der Waals surface area contributed by atoms with Crippen LogP contribution in [0, 0.1) is 0 Å². The molecule has 0 amide bonds. The molecule has 0 spiro atoms. The lowest BCUT2D eigenvalue weighted by Gasteiger charge is -2.12. The van der Waals surface area contributed by atoms with Crippen molar-refractivity contribution < 1.29 is 23.3 Å². The number of sulfone groups is 1. The van der Waals surface area contributed by atoms with Gasteiger partial charge in [-0.1, -0.05) is 0 Å². The predicted octanol–water partition coefficient (Wildman–Crippen LogP) is -1.70. The molecule has 0 aliphatic carbocycles. The molecule has 1 fully saturated rings. The molecule has 1 rings (SSSR count). The van der Waals surface area contributed by atoms with Crippen LogP contribution in [0.1, 0.15) is 13.3 Å². The number of carbonyl (C=O) groups excluding carboxylic acids is 1. The van der Waals surface area contributed by atoms with Crippen LogP contribution in [0.25, 0.3) is 0 Å². The Hall–Kier alpha value is -0.620. The van der Waals surface area contributed by atoms with E-state index < -0.39 is 9.84 Å². The van der Waals surface area contributed by atoms with Crippen LogP contribution in [0.15, 0.2) is 0 Å². The van der Waals surface area contributed by atoms with Crippen LogP contribution in [0.4, 0.5) is 0 Å². The standard InChI is InChI=1S/C8H15NO4S/c1-6(8(10)13-2)9-7-3-4-14(11,12)5-7/h6-7,9H,3-5H2,1-2H3/p+1/t6-,7+/m0/s1. The van der Waals surface area contributed by atoms with E-state index in [4.69, 9.17) is 0 Å². The van der Waals surface area contributed by atoms with E-state index in [0.717, 1.165) is 0 Å². The maximum atomic E-state index is 11.1. The van der Waals surface area contributed by atoms with Crippen molar-refractivity contribution in [1.29, 1.82) is 0 Å². The molecule has 0 saturated carbocycles. The van der Waals surface area contributed by atoms with E-state index in [1.165, 1.54) is 7.11 Å². The van der Waals surface area contributed by atoms with Crippen LogP contribution in [-0.2, 0) is 19.4 Å². The number of ether oxygens (including phenoxy) is 1. The third-order valence-corrected chi connectivity index (χ3v) is 4.20. The summed E-state index contributed by atoms with van der Waals surface area (Å²) in [4.78, 5) is 11.1. The summed E-state index contributed by atoms with van der Waals surface area (Å²) in [5.74, 6) is 0.102. The molecule has 14 heavy (non-hydrogen) atoms. The first kappa shape index (κ1) is 11.5. The van der Waals surface area contributed by atoms with Gasteiger partial charge in [0.2, 0.25) is 0 Å². The Morgan fingerprint density at radius 2 is 2.21 bits per heavy atom. The van der Waals surface area contributed by atoms with Crippen molar-refractivity contribution in [1.82, 2.24) is 0 Å². The first-order valence-electron chi connectivity index (χ1n) is 4.58. The molecule has 0 aromatic rings. The van der Waals surface area contributed by atoms with Gasteiger partial charge in [0.25, 0.3) is 0 Å². The molecule has 0 unspecified atom stereocenters. The van der Waals surface area contributed by atoms with Gasteiger partial charge in [0.15, 0.2) is 15.9 Å². The number of carbonyl (C=O) groups is 1. The normalized spacial score (nSPS) is 27.1. The smallest absolute Gasteiger partial charge is 0.364 e. The summed E-state index contributed by atoms with van der Waals surface area (Å²) < 4.78 is 26.8. The molecule has 0 radical (unpaired) electrons. The van der Waals surface area contributed by atoms with Crippen LogP contribution in [-0.4, -0.2) is 45.1 Å². The molecule has 2 atom stereocenters. The second-order valence-electron chi connectivity index (χ2n) is 3.67. The van der Waals surface area contributed by atoms with Crippen molar-refractivity contribution in [2.24, 2.45) is 0 Å². The van der Waals surface area contributed by atoms with E-state index in [2.05, 4.69) is 4.74 Å². The highest BCUT2D eigenvalue weighted by atomic mass is 32.2. The van der Waals surface area contributed by atoms with Crippen LogP contribution in [0.2, 0.25) is 0 Å². The van der Waals surface area contributed by atoms with Gasteiger partial charge in [-0.2, -0.15) is 0 Å². The number of hydrogen-bond donors (Lipinski definition) is 1. The molecule has 0 bridgehead atoms. The zero-order chi connectivity index (χ0) is 10.8. The van der Waals surface area contributed by atoms with Gasteiger partial charge < -0.3 is 10.1 Å². The number of hydrogen-bond acceptors (Lipinski definition) is 4. The predicted molar refractivity (Wildman–Crippen MR) is 50.5 cm³/mol. The van der Waals surface area contributed by atoms with Crippen LogP contribution in [0.3, 0.4) is 0 Å². The Labute approximate surface area is 83.7 Å². The lowest BCUT2D eigenvalue weighted by molar-refractivity contribution is -0.703. The fourth-order valence-electron chi connectivity index (χ4n) is 1.65. The Morgan fingerprint density at radius 3 is 2.64 bits per heavy atom. The largest absolute Gasteiger partial charge is 0.465 e. The number of nitrogens with two attached hydrogens (primary N) is 1. The van der Waals surface area contributed by atoms with Crippen LogP contribution in [0.5, 0.6) is 0 Å². The lowest BCUT2D eigenvalue weighted by Crippen LogP contribution is -2.96. The molecule has 0 aromatic heterocycles. The molecule has 1 aliphatic rings. The molecule has 6 heteroatoms. The quantitative estimate of drug-likeness (QED) is 0.577. The van der Waals surface area contributed by atoms with Crippen molar-refractivity contribution >= 4 is 15.8 Å². The van der Waals surface area contributed by atoms with E-state index >= 15 is 0 Å². The summed E-state index contributed by atoms with van der Waals surface area (Å²) in [6, 6.07) is -0.313. The summed E-state index contributed by atoms with van der Waals surface area (Å²) >= 11 is 0. The highest BCUT2D eigenvalue weighted by molar-refractivity contribution is 7.91. The number of rotatable bonds is 3. The lowest BCUT2D eigenvalue weighted by atomic mass is 10.2. The van der Waals surface area contributed by atoms with E-state index in [1.807, 2.05) is 0 Å². The average Bonchev–Trinajstić information content (AvgIpc) is 2.44. The first-order chi connectivity index (χ1) is 6.44. The Kier molecular flexibility index (Phi) is 3.49. The zero-order valence-electron chi connectivity index (χ0n) is 8.39. The number of esters is 1. The highest BCUT2D eigenvalue weighted by Gasteiger charge is 2.33. The molecular formula is C8H16NO4S+.